The summed E-state index contributed by atoms with van der Waals surface area (Å²) >= 11 is 12.6. The average molecular weight is 578 g/mol. The van der Waals surface area contributed by atoms with Crippen LogP contribution in [0.1, 0.15) is 38.5 Å². The van der Waals surface area contributed by atoms with Gasteiger partial charge < -0.3 is 18.3 Å². The highest BCUT2D eigenvalue weighted by atomic mass is 35.5. The summed E-state index contributed by atoms with van der Waals surface area (Å²) in [5, 5.41) is 1.13. The molecule has 0 aliphatic rings. The first-order chi connectivity index (χ1) is 19.6. The molecule has 0 amide bonds. The zero-order chi connectivity index (χ0) is 27.9. The number of hydrogen-bond acceptors (Lipinski definition) is 6. The minimum atomic E-state index is 0.411. The molecule has 0 radical (unpaired) electrons. The number of unbranched alkanes of at least 4 members (excludes halogenated alkanes) is 4. The summed E-state index contributed by atoms with van der Waals surface area (Å²) in [7, 11) is 0. The number of allylic oxidation sites excluding steroid dienone is 2. The van der Waals surface area contributed by atoms with Gasteiger partial charge in [-0.15, -0.1) is 13.2 Å². The lowest BCUT2D eigenvalue weighted by molar-refractivity contribution is 0.307. The zero-order valence-corrected chi connectivity index (χ0v) is 23.6. The highest BCUT2D eigenvalue weighted by Crippen LogP contribution is 2.38. The molecule has 0 spiro atoms. The Morgan fingerprint density at radius 1 is 0.650 bits per heavy atom. The van der Waals surface area contributed by atoms with Crippen LogP contribution in [0.2, 0.25) is 10.0 Å². The number of hydrogen-bond donors (Lipinski definition) is 0. The van der Waals surface area contributed by atoms with Gasteiger partial charge in [0.25, 0.3) is 0 Å². The molecule has 0 aliphatic carbocycles. The first-order valence-corrected chi connectivity index (χ1v) is 14.1. The van der Waals surface area contributed by atoms with Gasteiger partial charge in [-0.1, -0.05) is 35.4 Å². The van der Waals surface area contributed by atoms with E-state index in [1.54, 1.807) is 30.3 Å². The molecule has 0 unspecified atom stereocenters. The second-order valence-corrected chi connectivity index (χ2v) is 10.2. The van der Waals surface area contributed by atoms with Crippen LogP contribution in [0.15, 0.2) is 82.7 Å². The predicted octanol–water partition coefficient (Wildman–Crippen LogP) is 10.1. The maximum absolute atomic E-state index is 6.30. The molecular weight excluding hydrogens is 547 g/mol. The number of oxazole rings is 2. The predicted molar refractivity (Wildman–Crippen MR) is 162 cm³/mol. The number of halogens is 2. The summed E-state index contributed by atoms with van der Waals surface area (Å²) in [5.41, 5.74) is 3.78. The summed E-state index contributed by atoms with van der Waals surface area (Å²) in [5.74, 6) is 2.15. The molecule has 2 heterocycles. The second-order valence-electron chi connectivity index (χ2n) is 9.37. The van der Waals surface area contributed by atoms with Crippen LogP contribution in [0.4, 0.5) is 0 Å². The summed E-state index contributed by atoms with van der Waals surface area (Å²) in [4.78, 5) is 9.44. The van der Waals surface area contributed by atoms with E-state index in [1.807, 2.05) is 30.4 Å². The van der Waals surface area contributed by atoms with Crippen molar-refractivity contribution >= 4 is 45.4 Å². The molecule has 8 heteroatoms. The fourth-order valence-electron chi connectivity index (χ4n) is 4.32. The van der Waals surface area contributed by atoms with E-state index in [0.29, 0.717) is 79.9 Å². The molecule has 0 N–H and O–H groups in total. The van der Waals surface area contributed by atoms with Crippen molar-refractivity contribution in [2.75, 3.05) is 13.2 Å². The van der Waals surface area contributed by atoms with Crippen molar-refractivity contribution < 1.29 is 18.3 Å². The van der Waals surface area contributed by atoms with Crippen LogP contribution >= 0.6 is 23.2 Å². The van der Waals surface area contributed by atoms with Crippen molar-refractivity contribution in [3.63, 3.8) is 0 Å². The Labute approximate surface area is 243 Å². The van der Waals surface area contributed by atoms with Crippen LogP contribution in [-0.2, 0) is 0 Å². The quantitative estimate of drug-likeness (QED) is 0.0966. The number of ether oxygens (including phenoxy) is 2. The normalized spacial score (nSPS) is 11.2. The van der Waals surface area contributed by atoms with Gasteiger partial charge in [-0.05, 0) is 81.0 Å². The molecule has 0 fully saturated rings. The van der Waals surface area contributed by atoms with Gasteiger partial charge in [-0.2, -0.15) is 0 Å². The van der Waals surface area contributed by atoms with Crippen LogP contribution in [0.25, 0.3) is 45.1 Å². The van der Waals surface area contributed by atoms with Crippen molar-refractivity contribution in [2.24, 2.45) is 0 Å². The summed E-state index contributed by atoms with van der Waals surface area (Å²) in [6.07, 6.45) is 9.61. The number of nitrogens with zero attached hydrogens (tertiary/aromatic N) is 2. The standard InChI is InChI=1S/C32H30Cl2N2O4/c1-3-5-7-9-15-37-27-13-11-21(33)17-23(27)31-35-25-19-26-30(20-29(25)39-31)40-32(36-26)24-18-22(34)12-14-28(24)38-16-10-8-6-4-2/h3-4,11-14,17-20H,1-2,5-10,15-16H2. The molecule has 0 atom stereocenters. The van der Waals surface area contributed by atoms with Gasteiger partial charge in [0.15, 0.2) is 11.2 Å². The largest absolute Gasteiger partial charge is 0.493 e. The number of rotatable bonds is 14. The summed E-state index contributed by atoms with van der Waals surface area (Å²) in [6.45, 7) is 8.68. The topological polar surface area (TPSA) is 70.5 Å². The lowest BCUT2D eigenvalue weighted by Gasteiger charge is -2.09. The third-order valence-electron chi connectivity index (χ3n) is 6.36. The molecule has 206 valence electrons. The minimum Gasteiger partial charge on any atom is -0.493 e. The van der Waals surface area contributed by atoms with Crippen molar-refractivity contribution in [1.82, 2.24) is 9.97 Å². The van der Waals surface area contributed by atoms with Crippen molar-refractivity contribution in [3.05, 3.63) is 83.9 Å². The van der Waals surface area contributed by atoms with Crippen LogP contribution in [0.3, 0.4) is 0 Å². The highest BCUT2D eigenvalue weighted by molar-refractivity contribution is 6.31. The Bertz CT molecular complexity index is 1470. The van der Waals surface area contributed by atoms with Crippen molar-refractivity contribution in [1.29, 1.82) is 0 Å². The molecule has 6 nitrogen and oxygen atoms in total. The maximum atomic E-state index is 6.30. The molecular formula is C32H30Cl2N2O4. The molecule has 0 bridgehead atoms. The van der Waals surface area contributed by atoms with E-state index >= 15 is 0 Å². The number of fused-ring (bicyclic) bond motifs is 2. The smallest absolute Gasteiger partial charge is 0.231 e. The number of aromatic nitrogens is 2. The fraction of sp³-hybridized carbons (Fsp3) is 0.250. The van der Waals surface area contributed by atoms with E-state index in [0.717, 1.165) is 38.5 Å². The van der Waals surface area contributed by atoms with Gasteiger partial charge >= 0.3 is 0 Å². The lowest BCUT2D eigenvalue weighted by Crippen LogP contribution is -1.98. The van der Waals surface area contributed by atoms with Gasteiger partial charge in [0, 0.05) is 16.1 Å². The van der Waals surface area contributed by atoms with E-state index in [9.17, 15) is 0 Å². The van der Waals surface area contributed by atoms with Gasteiger partial charge in [0.1, 0.15) is 22.5 Å². The summed E-state index contributed by atoms with van der Waals surface area (Å²) in [6, 6.07) is 14.5. The Morgan fingerprint density at radius 3 is 1.57 bits per heavy atom. The van der Waals surface area contributed by atoms with Crippen LogP contribution < -0.4 is 9.47 Å². The van der Waals surface area contributed by atoms with Gasteiger partial charge in [-0.25, -0.2) is 9.97 Å². The minimum absolute atomic E-state index is 0.411. The third kappa shape index (κ3) is 6.52. The monoisotopic (exact) mass is 576 g/mol. The first-order valence-electron chi connectivity index (χ1n) is 13.3. The molecule has 0 aliphatic heterocycles. The Hall–Kier alpha value is -3.74. The first kappa shape index (κ1) is 27.8. The highest BCUT2D eigenvalue weighted by Gasteiger charge is 2.19. The molecule has 3 aromatic carbocycles. The molecule has 2 aromatic heterocycles. The molecule has 5 aromatic rings. The van der Waals surface area contributed by atoms with Crippen molar-refractivity contribution in [2.45, 2.75) is 38.5 Å². The fourth-order valence-corrected chi connectivity index (χ4v) is 4.66. The van der Waals surface area contributed by atoms with Crippen LogP contribution in [0, 0.1) is 0 Å². The zero-order valence-electron chi connectivity index (χ0n) is 22.1. The second kappa shape index (κ2) is 13.1. The van der Waals surface area contributed by atoms with Gasteiger partial charge in [0.05, 0.1) is 24.3 Å². The summed E-state index contributed by atoms with van der Waals surface area (Å²) < 4.78 is 24.4. The molecule has 5 rings (SSSR count). The average Bonchev–Trinajstić information content (AvgIpc) is 3.56. The molecule has 0 saturated heterocycles. The third-order valence-corrected chi connectivity index (χ3v) is 6.83. The SMILES string of the molecule is C=CCCCCOc1ccc(Cl)cc1-c1nc2cc3nc(-c4cc(Cl)ccc4OCCCCC=C)oc3cc2o1. The number of benzene rings is 3. The van der Waals surface area contributed by atoms with E-state index in [4.69, 9.17) is 51.5 Å². The van der Waals surface area contributed by atoms with E-state index in [-0.39, 0.29) is 0 Å². The molecule has 40 heavy (non-hydrogen) atoms. The van der Waals surface area contributed by atoms with Crippen LogP contribution in [0.5, 0.6) is 11.5 Å². The van der Waals surface area contributed by atoms with Crippen LogP contribution in [-0.4, -0.2) is 23.2 Å². The lowest BCUT2D eigenvalue weighted by atomic mass is 10.2. The Kier molecular flexibility index (Phi) is 9.09. The van der Waals surface area contributed by atoms with Gasteiger partial charge in [0.2, 0.25) is 11.8 Å². The van der Waals surface area contributed by atoms with Gasteiger partial charge in [-0.3, -0.25) is 0 Å². The maximum Gasteiger partial charge on any atom is 0.231 e. The van der Waals surface area contributed by atoms with E-state index in [1.165, 1.54) is 0 Å². The molecule has 0 saturated carbocycles. The van der Waals surface area contributed by atoms with E-state index < -0.39 is 0 Å². The Morgan fingerprint density at radius 2 is 1.12 bits per heavy atom. The van der Waals surface area contributed by atoms with E-state index in [2.05, 4.69) is 13.2 Å². The Balaban J connectivity index is 1.41. The van der Waals surface area contributed by atoms with Crippen molar-refractivity contribution in [3.8, 4) is 34.4 Å².